The number of nitrogens with zero attached hydrogens (tertiary/aromatic N) is 2. The summed E-state index contributed by atoms with van der Waals surface area (Å²) in [6, 6.07) is 5.47. The van der Waals surface area contributed by atoms with Crippen LogP contribution >= 0.6 is 34.7 Å². The number of thioether (sulfide) groups is 1. The lowest BCUT2D eigenvalue weighted by Crippen LogP contribution is -2.23. The second kappa shape index (κ2) is 7.59. The number of thiophene rings is 1. The van der Waals surface area contributed by atoms with Gasteiger partial charge in [0.25, 0.3) is 0 Å². The molecule has 2 heterocycles. The molecule has 1 N–H and O–H groups in total. The minimum atomic E-state index is -0.335. The molecule has 3 aromatic rings. The number of anilines is 1. The predicted octanol–water partition coefficient (Wildman–Crippen LogP) is 4.78. The summed E-state index contributed by atoms with van der Waals surface area (Å²) in [6.45, 7) is 3.72. The summed E-state index contributed by atoms with van der Waals surface area (Å²) in [7, 11) is 1.54. The lowest BCUT2D eigenvalue weighted by molar-refractivity contribution is -0.115. The number of carbonyl (C=O) groups excluding carboxylic acids is 1. The second-order valence-corrected chi connectivity index (χ2v) is 8.00. The van der Waals surface area contributed by atoms with Gasteiger partial charge in [0.1, 0.15) is 21.9 Å². The van der Waals surface area contributed by atoms with Gasteiger partial charge in [0.2, 0.25) is 5.91 Å². The van der Waals surface area contributed by atoms with Crippen molar-refractivity contribution in [1.29, 1.82) is 0 Å². The molecule has 0 bridgehead atoms. The number of ether oxygens (including phenoxy) is 1. The number of carbonyl (C=O) groups is 1. The fraction of sp³-hybridized carbons (Fsp3) is 0.235. The van der Waals surface area contributed by atoms with E-state index in [9.17, 15) is 4.79 Å². The van der Waals surface area contributed by atoms with E-state index in [1.165, 1.54) is 18.1 Å². The van der Waals surface area contributed by atoms with Crippen LogP contribution in [0, 0.1) is 6.92 Å². The minimum Gasteiger partial charge on any atom is -0.495 e. The Balaban J connectivity index is 1.77. The van der Waals surface area contributed by atoms with Crippen LogP contribution in [0.5, 0.6) is 5.75 Å². The molecule has 0 saturated heterocycles. The number of rotatable bonds is 5. The molecular formula is C17H16ClN3O2S2. The maximum absolute atomic E-state index is 12.6. The molecule has 0 fully saturated rings. The maximum Gasteiger partial charge on any atom is 0.237 e. The van der Waals surface area contributed by atoms with E-state index in [1.54, 1.807) is 30.6 Å². The Kier molecular flexibility index (Phi) is 5.46. The SMILES string of the molecule is COc1cc(Cl)c(C)cc1NC(=O)[C@@H](C)Sc1ncnc2sccc12. The Morgan fingerprint density at radius 3 is 2.96 bits per heavy atom. The number of aromatic nitrogens is 2. The van der Waals surface area contributed by atoms with Crippen LogP contribution in [0.15, 0.2) is 34.9 Å². The molecular weight excluding hydrogens is 378 g/mol. The molecule has 3 rings (SSSR count). The first-order valence-corrected chi connectivity index (χ1v) is 9.63. The number of hydrogen-bond donors (Lipinski definition) is 1. The summed E-state index contributed by atoms with van der Waals surface area (Å²) >= 11 is 9.06. The molecule has 130 valence electrons. The van der Waals surface area contributed by atoms with Gasteiger partial charge >= 0.3 is 0 Å². The Labute approximate surface area is 158 Å². The molecule has 0 aliphatic carbocycles. The number of benzene rings is 1. The number of nitrogens with one attached hydrogen (secondary N) is 1. The molecule has 25 heavy (non-hydrogen) atoms. The smallest absolute Gasteiger partial charge is 0.237 e. The van der Waals surface area contributed by atoms with Crippen LogP contribution in [0.4, 0.5) is 5.69 Å². The van der Waals surface area contributed by atoms with Gasteiger partial charge in [0.15, 0.2) is 0 Å². The number of methoxy groups -OCH3 is 1. The van der Waals surface area contributed by atoms with Crippen LogP contribution in [0.2, 0.25) is 5.02 Å². The van der Waals surface area contributed by atoms with E-state index >= 15 is 0 Å². The van der Waals surface area contributed by atoms with E-state index in [0.717, 1.165) is 20.8 Å². The molecule has 8 heteroatoms. The van der Waals surface area contributed by atoms with Crippen molar-refractivity contribution in [3.63, 3.8) is 0 Å². The van der Waals surface area contributed by atoms with Crippen molar-refractivity contribution in [3.8, 4) is 5.75 Å². The molecule has 1 aromatic carbocycles. The van der Waals surface area contributed by atoms with Gasteiger partial charge in [-0.1, -0.05) is 23.4 Å². The van der Waals surface area contributed by atoms with Crippen molar-refractivity contribution in [2.75, 3.05) is 12.4 Å². The zero-order chi connectivity index (χ0) is 18.0. The van der Waals surface area contributed by atoms with E-state index in [-0.39, 0.29) is 11.2 Å². The van der Waals surface area contributed by atoms with Crippen molar-refractivity contribution in [1.82, 2.24) is 9.97 Å². The fourth-order valence-corrected chi connectivity index (χ4v) is 4.10. The summed E-state index contributed by atoms with van der Waals surface area (Å²) in [6.07, 6.45) is 1.53. The lowest BCUT2D eigenvalue weighted by Gasteiger charge is -2.15. The third-order valence-corrected chi connectivity index (χ3v) is 5.97. The summed E-state index contributed by atoms with van der Waals surface area (Å²) in [4.78, 5) is 22.0. The highest BCUT2D eigenvalue weighted by atomic mass is 35.5. The van der Waals surface area contributed by atoms with Gasteiger partial charge in [-0.05, 0) is 36.9 Å². The number of fused-ring (bicyclic) bond motifs is 1. The van der Waals surface area contributed by atoms with E-state index in [1.807, 2.05) is 25.3 Å². The summed E-state index contributed by atoms with van der Waals surface area (Å²) in [5.74, 6) is 0.399. The highest BCUT2D eigenvalue weighted by Gasteiger charge is 2.19. The largest absolute Gasteiger partial charge is 0.495 e. The van der Waals surface area contributed by atoms with E-state index in [2.05, 4.69) is 15.3 Å². The van der Waals surface area contributed by atoms with Crippen LogP contribution in [-0.4, -0.2) is 28.2 Å². The van der Waals surface area contributed by atoms with Gasteiger partial charge < -0.3 is 10.1 Å². The summed E-state index contributed by atoms with van der Waals surface area (Å²) in [5.41, 5.74) is 1.47. The van der Waals surface area contributed by atoms with Crippen LogP contribution < -0.4 is 10.1 Å². The topological polar surface area (TPSA) is 64.1 Å². The van der Waals surface area contributed by atoms with Crippen molar-refractivity contribution in [3.05, 3.63) is 40.5 Å². The first-order valence-electron chi connectivity index (χ1n) is 7.49. The van der Waals surface area contributed by atoms with Crippen LogP contribution in [0.3, 0.4) is 0 Å². The standard InChI is InChI=1S/C17H16ClN3O2S2/c1-9-6-13(14(23-3)7-12(9)18)21-15(22)10(2)25-17-11-4-5-24-16(11)19-8-20-17/h4-8,10H,1-3H3,(H,21,22)/t10-/m1/s1. The second-order valence-electron chi connectivity index (χ2n) is 5.37. The Morgan fingerprint density at radius 1 is 1.40 bits per heavy atom. The Hall–Kier alpha value is -1.83. The zero-order valence-electron chi connectivity index (χ0n) is 13.9. The Bertz CT molecular complexity index is 929. The average Bonchev–Trinajstić information content (AvgIpc) is 3.07. The van der Waals surface area contributed by atoms with Crippen LogP contribution in [-0.2, 0) is 4.79 Å². The number of hydrogen-bond acceptors (Lipinski definition) is 6. The van der Waals surface area contributed by atoms with Gasteiger partial charge in [0.05, 0.1) is 18.0 Å². The molecule has 0 aliphatic rings. The van der Waals surface area contributed by atoms with Gasteiger partial charge in [-0.3, -0.25) is 4.79 Å². The third-order valence-electron chi connectivity index (χ3n) is 3.62. The van der Waals surface area contributed by atoms with E-state index in [4.69, 9.17) is 16.3 Å². The lowest BCUT2D eigenvalue weighted by atomic mass is 10.2. The quantitative estimate of drug-likeness (QED) is 0.499. The molecule has 1 amide bonds. The van der Waals surface area contributed by atoms with Crippen molar-refractivity contribution >= 4 is 56.5 Å². The molecule has 2 aromatic heterocycles. The van der Waals surface area contributed by atoms with Crippen LogP contribution in [0.1, 0.15) is 12.5 Å². The van der Waals surface area contributed by atoms with Crippen molar-refractivity contribution in [2.45, 2.75) is 24.1 Å². The molecule has 0 aliphatic heterocycles. The monoisotopic (exact) mass is 393 g/mol. The summed E-state index contributed by atoms with van der Waals surface area (Å²) < 4.78 is 5.30. The highest BCUT2D eigenvalue weighted by molar-refractivity contribution is 8.00. The first kappa shape index (κ1) is 18.0. The number of amides is 1. The first-order chi connectivity index (χ1) is 12.0. The maximum atomic E-state index is 12.6. The molecule has 0 unspecified atom stereocenters. The summed E-state index contributed by atoms with van der Waals surface area (Å²) in [5, 5.41) is 6.90. The molecule has 5 nitrogen and oxygen atoms in total. The predicted molar refractivity (Wildman–Crippen MR) is 104 cm³/mol. The number of halogens is 1. The molecule has 0 saturated carbocycles. The molecule has 0 spiro atoms. The highest BCUT2D eigenvalue weighted by Crippen LogP contribution is 2.33. The van der Waals surface area contributed by atoms with E-state index < -0.39 is 0 Å². The normalized spacial score (nSPS) is 12.2. The van der Waals surface area contributed by atoms with Gasteiger partial charge in [-0.2, -0.15) is 0 Å². The molecule has 1 atom stereocenters. The van der Waals surface area contributed by atoms with Crippen molar-refractivity contribution < 1.29 is 9.53 Å². The van der Waals surface area contributed by atoms with Gasteiger partial charge in [0, 0.05) is 16.5 Å². The van der Waals surface area contributed by atoms with Crippen LogP contribution in [0.25, 0.3) is 10.2 Å². The van der Waals surface area contributed by atoms with Gasteiger partial charge in [-0.15, -0.1) is 11.3 Å². The fourth-order valence-electron chi connectivity index (χ4n) is 2.25. The zero-order valence-corrected chi connectivity index (χ0v) is 16.3. The number of aryl methyl sites for hydroxylation is 1. The average molecular weight is 394 g/mol. The minimum absolute atomic E-state index is 0.132. The van der Waals surface area contributed by atoms with E-state index in [0.29, 0.717) is 16.5 Å². The third kappa shape index (κ3) is 3.89. The molecule has 0 radical (unpaired) electrons. The van der Waals surface area contributed by atoms with Crippen molar-refractivity contribution in [2.24, 2.45) is 0 Å². The van der Waals surface area contributed by atoms with Gasteiger partial charge in [-0.25, -0.2) is 9.97 Å². The Morgan fingerprint density at radius 2 is 2.20 bits per heavy atom.